The van der Waals surface area contributed by atoms with Gasteiger partial charge in [-0.25, -0.2) is 0 Å². The molecule has 2 aromatic rings. The summed E-state index contributed by atoms with van der Waals surface area (Å²) in [5, 5.41) is 6.34. The molecule has 2 aromatic carbocycles. The van der Waals surface area contributed by atoms with Gasteiger partial charge in [-0.2, -0.15) is 0 Å². The minimum absolute atomic E-state index is 0.0733. The summed E-state index contributed by atoms with van der Waals surface area (Å²) in [4.78, 5) is 24.7. The van der Waals surface area contributed by atoms with E-state index in [0.717, 1.165) is 4.90 Å². The van der Waals surface area contributed by atoms with Crippen LogP contribution in [0.4, 0.5) is 11.4 Å². The zero-order valence-corrected chi connectivity index (χ0v) is 13.5. The molecule has 0 fully saturated rings. The third-order valence-electron chi connectivity index (χ3n) is 3.05. The van der Waals surface area contributed by atoms with Crippen molar-refractivity contribution in [3.8, 4) is 0 Å². The summed E-state index contributed by atoms with van der Waals surface area (Å²) in [5.41, 5.74) is 1.57. The van der Waals surface area contributed by atoms with E-state index in [1.807, 2.05) is 6.07 Å². The van der Waals surface area contributed by atoms with Crippen LogP contribution in [-0.2, 0) is 4.79 Å². The SMILES string of the molecule is O=C1CSc2ccc(C(=O)Nc3ccc(Cl)cc3Cl)cc2N1. The fraction of sp³-hybridized carbons (Fsp3) is 0.0667. The van der Waals surface area contributed by atoms with Crippen molar-refractivity contribution in [2.45, 2.75) is 4.90 Å². The standard InChI is InChI=1S/C15H10Cl2N2O2S/c16-9-2-3-11(10(17)6-9)19-15(21)8-1-4-13-12(5-8)18-14(20)7-22-13/h1-6H,7H2,(H,18,20)(H,19,21). The Morgan fingerprint density at radius 2 is 2.00 bits per heavy atom. The molecule has 7 heteroatoms. The number of amides is 2. The highest BCUT2D eigenvalue weighted by atomic mass is 35.5. The average Bonchev–Trinajstić information content (AvgIpc) is 2.49. The smallest absolute Gasteiger partial charge is 0.255 e. The number of halogens is 2. The van der Waals surface area contributed by atoms with Crippen LogP contribution in [0.2, 0.25) is 10.0 Å². The Morgan fingerprint density at radius 1 is 1.18 bits per heavy atom. The van der Waals surface area contributed by atoms with E-state index in [1.54, 1.807) is 30.3 Å². The van der Waals surface area contributed by atoms with Crippen molar-refractivity contribution in [2.75, 3.05) is 16.4 Å². The summed E-state index contributed by atoms with van der Waals surface area (Å²) in [5.74, 6) is 0.00602. The van der Waals surface area contributed by atoms with E-state index in [1.165, 1.54) is 11.8 Å². The van der Waals surface area contributed by atoms with E-state index in [9.17, 15) is 9.59 Å². The number of benzene rings is 2. The molecular weight excluding hydrogens is 343 g/mol. The third-order valence-corrected chi connectivity index (χ3v) is 4.68. The molecule has 2 amide bonds. The molecule has 0 unspecified atom stereocenters. The van der Waals surface area contributed by atoms with Crippen LogP contribution in [0.5, 0.6) is 0 Å². The fourth-order valence-electron chi connectivity index (χ4n) is 2.01. The molecule has 112 valence electrons. The maximum absolute atomic E-state index is 12.3. The largest absolute Gasteiger partial charge is 0.324 e. The van der Waals surface area contributed by atoms with Gasteiger partial charge in [-0.1, -0.05) is 23.2 Å². The van der Waals surface area contributed by atoms with Gasteiger partial charge in [0.15, 0.2) is 0 Å². The third kappa shape index (κ3) is 3.21. The lowest BCUT2D eigenvalue weighted by atomic mass is 10.1. The van der Waals surface area contributed by atoms with Gasteiger partial charge < -0.3 is 10.6 Å². The fourth-order valence-corrected chi connectivity index (χ4v) is 3.25. The number of fused-ring (bicyclic) bond motifs is 1. The lowest BCUT2D eigenvalue weighted by molar-refractivity contribution is -0.113. The molecule has 0 radical (unpaired) electrons. The van der Waals surface area contributed by atoms with E-state index in [4.69, 9.17) is 23.2 Å². The summed E-state index contributed by atoms with van der Waals surface area (Å²) >= 11 is 13.3. The first kappa shape index (κ1) is 15.2. The topological polar surface area (TPSA) is 58.2 Å². The summed E-state index contributed by atoms with van der Waals surface area (Å²) in [6.45, 7) is 0. The van der Waals surface area contributed by atoms with E-state index in [-0.39, 0.29) is 11.8 Å². The zero-order valence-electron chi connectivity index (χ0n) is 11.2. The normalized spacial score (nSPS) is 13.3. The van der Waals surface area contributed by atoms with Crippen molar-refractivity contribution >= 4 is 58.2 Å². The van der Waals surface area contributed by atoms with Crippen molar-refractivity contribution in [3.63, 3.8) is 0 Å². The predicted octanol–water partition coefficient (Wildman–Crippen LogP) is 4.29. The quantitative estimate of drug-likeness (QED) is 0.847. The molecule has 1 aliphatic rings. The van der Waals surface area contributed by atoms with Crippen molar-refractivity contribution < 1.29 is 9.59 Å². The minimum atomic E-state index is -0.308. The molecule has 1 heterocycles. The van der Waals surface area contributed by atoms with Crippen LogP contribution in [-0.4, -0.2) is 17.6 Å². The van der Waals surface area contributed by atoms with E-state index in [0.29, 0.717) is 32.7 Å². The Labute approximate surface area is 141 Å². The van der Waals surface area contributed by atoms with Crippen LogP contribution in [0.15, 0.2) is 41.3 Å². The highest BCUT2D eigenvalue weighted by Crippen LogP contribution is 2.32. The van der Waals surface area contributed by atoms with Crippen molar-refractivity contribution in [1.82, 2.24) is 0 Å². The number of nitrogens with one attached hydrogen (secondary N) is 2. The van der Waals surface area contributed by atoms with Crippen LogP contribution in [0.25, 0.3) is 0 Å². The monoisotopic (exact) mass is 352 g/mol. The Bertz CT molecular complexity index is 780. The van der Waals surface area contributed by atoms with Gasteiger partial charge in [0.2, 0.25) is 5.91 Å². The maximum atomic E-state index is 12.3. The van der Waals surface area contributed by atoms with Crippen molar-refractivity contribution in [1.29, 1.82) is 0 Å². The summed E-state index contributed by atoms with van der Waals surface area (Å²) in [6.07, 6.45) is 0. The molecule has 0 saturated heterocycles. The summed E-state index contributed by atoms with van der Waals surface area (Å²) in [7, 11) is 0. The molecule has 22 heavy (non-hydrogen) atoms. The van der Waals surface area contributed by atoms with Crippen LogP contribution in [0, 0.1) is 0 Å². The summed E-state index contributed by atoms with van der Waals surface area (Å²) < 4.78 is 0. The number of rotatable bonds is 2. The first-order chi connectivity index (χ1) is 10.5. The zero-order chi connectivity index (χ0) is 15.7. The molecule has 1 aliphatic heterocycles. The highest BCUT2D eigenvalue weighted by Gasteiger charge is 2.17. The number of carbonyl (C=O) groups is 2. The molecule has 3 rings (SSSR count). The number of thioether (sulfide) groups is 1. The second kappa shape index (κ2) is 6.20. The van der Waals surface area contributed by atoms with E-state index >= 15 is 0 Å². The van der Waals surface area contributed by atoms with E-state index < -0.39 is 0 Å². The van der Waals surface area contributed by atoms with Gasteiger partial charge in [-0.15, -0.1) is 11.8 Å². The second-order valence-corrected chi connectivity index (χ2v) is 6.49. The highest BCUT2D eigenvalue weighted by molar-refractivity contribution is 8.00. The minimum Gasteiger partial charge on any atom is -0.324 e. The Hall–Kier alpha value is -1.69. The molecule has 0 aromatic heterocycles. The first-order valence-corrected chi connectivity index (χ1v) is 8.10. The molecule has 0 saturated carbocycles. The van der Waals surface area contributed by atoms with Gasteiger partial charge >= 0.3 is 0 Å². The Balaban J connectivity index is 1.83. The number of carbonyl (C=O) groups excluding carboxylic acids is 2. The second-order valence-electron chi connectivity index (χ2n) is 4.63. The average molecular weight is 353 g/mol. The maximum Gasteiger partial charge on any atom is 0.255 e. The number of hydrogen-bond acceptors (Lipinski definition) is 3. The van der Waals surface area contributed by atoms with Gasteiger partial charge in [0.05, 0.1) is 22.2 Å². The van der Waals surface area contributed by atoms with Gasteiger partial charge in [0.25, 0.3) is 5.91 Å². The summed E-state index contributed by atoms with van der Waals surface area (Å²) in [6, 6.07) is 10.0. The molecule has 4 nitrogen and oxygen atoms in total. The van der Waals surface area contributed by atoms with E-state index in [2.05, 4.69) is 10.6 Å². The van der Waals surface area contributed by atoms with Crippen molar-refractivity contribution in [3.05, 3.63) is 52.0 Å². The first-order valence-electron chi connectivity index (χ1n) is 6.36. The number of anilines is 2. The van der Waals surface area contributed by atoms with Crippen LogP contribution >= 0.6 is 35.0 Å². The molecular formula is C15H10Cl2N2O2S. The Morgan fingerprint density at radius 3 is 2.77 bits per heavy atom. The molecule has 0 spiro atoms. The lowest BCUT2D eigenvalue weighted by Crippen LogP contribution is -2.20. The van der Waals surface area contributed by atoms with Crippen LogP contribution in [0.1, 0.15) is 10.4 Å². The van der Waals surface area contributed by atoms with Crippen molar-refractivity contribution in [2.24, 2.45) is 0 Å². The van der Waals surface area contributed by atoms with Gasteiger partial charge in [-0.3, -0.25) is 9.59 Å². The molecule has 0 atom stereocenters. The van der Waals surface area contributed by atoms with Crippen LogP contribution < -0.4 is 10.6 Å². The van der Waals surface area contributed by atoms with Gasteiger partial charge in [0.1, 0.15) is 0 Å². The molecule has 0 bridgehead atoms. The lowest BCUT2D eigenvalue weighted by Gasteiger charge is -2.17. The van der Waals surface area contributed by atoms with Gasteiger partial charge in [0, 0.05) is 15.5 Å². The van der Waals surface area contributed by atoms with Gasteiger partial charge in [-0.05, 0) is 36.4 Å². The number of hydrogen-bond donors (Lipinski definition) is 2. The predicted molar refractivity (Wildman–Crippen MR) is 90.2 cm³/mol. The molecule has 0 aliphatic carbocycles. The molecule has 2 N–H and O–H groups in total. The Kier molecular flexibility index (Phi) is 4.29. The van der Waals surface area contributed by atoms with Crippen LogP contribution in [0.3, 0.4) is 0 Å².